The van der Waals surface area contributed by atoms with Crippen LogP contribution < -0.4 is 10.9 Å². The summed E-state index contributed by atoms with van der Waals surface area (Å²) >= 11 is 3.18. The number of Topliss-reactive ketones (excluding diaryl/α,β-unsaturated/α-hetero) is 2. The van der Waals surface area contributed by atoms with E-state index >= 15 is 0 Å². The number of aromatic nitrogens is 2. The van der Waals surface area contributed by atoms with E-state index in [-0.39, 0.29) is 90.2 Å². The highest BCUT2D eigenvalue weighted by atomic mass is 32.2. The van der Waals surface area contributed by atoms with Crippen LogP contribution in [-0.2, 0) is 61.7 Å². The zero-order chi connectivity index (χ0) is 41.6. The lowest BCUT2D eigenvalue weighted by atomic mass is 9.85. The number of fused-ring (bicyclic) bond motifs is 5. The number of esters is 2. The van der Waals surface area contributed by atoms with Crippen molar-refractivity contribution in [2.75, 3.05) is 31.3 Å². The Kier molecular flexibility index (Phi) is 14.1. The number of carboxylic acids is 1. The highest BCUT2D eigenvalue weighted by molar-refractivity contribution is 8.04. The first-order valence-corrected chi connectivity index (χ1v) is 21.8. The number of benzene rings is 1. The number of aliphatic carboxylic acids is 1. The molecule has 0 saturated heterocycles. The molecule has 3 aromatic rings. The summed E-state index contributed by atoms with van der Waals surface area (Å²) in [6.07, 6.45) is 2.62. The summed E-state index contributed by atoms with van der Waals surface area (Å²) < 4.78 is 18.2. The first-order valence-electron chi connectivity index (χ1n) is 19.7. The molecule has 4 unspecified atom stereocenters. The third-order valence-electron chi connectivity index (χ3n) is 11.1. The first kappa shape index (κ1) is 43.0. The molecule has 2 aromatic heterocycles. The Balaban J connectivity index is 1.01. The lowest BCUT2D eigenvalue weighted by molar-refractivity contribution is -0.189. The van der Waals surface area contributed by atoms with Crippen LogP contribution >= 0.6 is 23.5 Å². The number of hydrogen-bond donors (Lipinski definition) is 2. The number of ether oxygens (including phenoxy) is 3. The van der Waals surface area contributed by atoms with Crippen molar-refractivity contribution < 1.29 is 48.1 Å². The average molecular weight is 836 g/mol. The van der Waals surface area contributed by atoms with Crippen LogP contribution in [0.3, 0.4) is 0 Å². The molecule has 3 aliphatic rings. The Morgan fingerprint density at radius 3 is 2.40 bits per heavy atom. The number of amides is 1. The minimum atomic E-state index is -1.89. The number of carbonyl (C=O) groups excluding carboxylic acids is 5. The third-order valence-corrected chi connectivity index (χ3v) is 14.4. The van der Waals surface area contributed by atoms with Crippen molar-refractivity contribution in [3.8, 4) is 11.4 Å². The van der Waals surface area contributed by atoms with Crippen LogP contribution in [0, 0.1) is 11.8 Å². The molecule has 0 bridgehead atoms. The topological polar surface area (TPSA) is 197 Å². The molecule has 14 nitrogen and oxygen atoms in total. The maximum Gasteiger partial charge on any atom is 0.355 e. The van der Waals surface area contributed by atoms with Gasteiger partial charge in [-0.25, -0.2) is 9.78 Å². The normalized spacial score (nSPS) is 20.2. The second kappa shape index (κ2) is 19.0. The van der Waals surface area contributed by atoms with Gasteiger partial charge in [-0.05, 0) is 50.8 Å². The number of nitrogens with zero attached hydrogens (tertiary/aromatic N) is 2. The summed E-state index contributed by atoms with van der Waals surface area (Å²) in [5, 5.41) is 13.8. The summed E-state index contributed by atoms with van der Waals surface area (Å²) in [5.74, 6) is -3.65. The maximum atomic E-state index is 13.8. The Morgan fingerprint density at radius 1 is 1.02 bits per heavy atom. The number of rotatable bonds is 21. The standard InChI is InChI=1S/C42H49N3O11S2/c1-4-25(22-57-34-10-11-35(34)58-23-28(40(51)52)17-29(47)13-15-54-14-12-24(3)46)38(49)43-19-36(48)56-42(5-2)31-18-33-37-27(16-26-8-6-7-9-32(26)44-37)20-45(33)39(50)30(31)21-55-41(42)53/h6-9,16,18,25,28,34-35H,4-5,10-15,17,19-23H2,1-3H3,(H,43,49)(H,51,52)/t25?,28?,34?,35?,42-/m0/s1. The molecule has 5 atom stereocenters. The molecule has 0 radical (unpaired) electrons. The molecule has 6 rings (SSSR count). The molecule has 4 heterocycles. The maximum absolute atomic E-state index is 13.8. The average Bonchev–Trinajstić information content (AvgIpc) is 3.55. The predicted molar refractivity (Wildman–Crippen MR) is 218 cm³/mol. The Labute approximate surface area is 344 Å². The largest absolute Gasteiger partial charge is 0.481 e. The predicted octanol–water partition coefficient (Wildman–Crippen LogP) is 4.82. The van der Waals surface area contributed by atoms with Gasteiger partial charge in [0, 0.05) is 63.7 Å². The van der Waals surface area contributed by atoms with Gasteiger partial charge >= 0.3 is 17.9 Å². The first-order chi connectivity index (χ1) is 27.8. The molecule has 1 aliphatic carbocycles. The minimum absolute atomic E-state index is 0.00132. The molecule has 0 spiro atoms. The van der Waals surface area contributed by atoms with Gasteiger partial charge in [-0.15, -0.1) is 0 Å². The molecular weight excluding hydrogens is 787 g/mol. The summed E-state index contributed by atoms with van der Waals surface area (Å²) in [6.45, 7) is 4.96. The van der Waals surface area contributed by atoms with E-state index < -0.39 is 41.9 Å². The number of thioether (sulfide) groups is 2. The van der Waals surface area contributed by atoms with Crippen LogP contribution in [0.25, 0.3) is 22.3 Å². The molecule has 1 saturated carbocycles. The zero-order valence-electron chi connectivity index (χ0n) is 32.9. The van der Waals surface area contributed by atoms with E-state index in [2.05, 4.69) is 5.32 Å². The van der Waals surface area contributed by atoms with E-state index in [0.29, 0.717) is 35.9 Å². The number of cyclic esters (lactones) is 1. The summed E-state index contributed by atoms with van der Waals surface area (Å²) in [7, 11) is 0. The van der Waals surface area contributed by atoms with Crippen LogP contribution in [0.5, 0.6) is 0 Å². The summed E-state index contributed by atoms with van der Waals surface area (Å²) in [4.78, 5) is 94.1. The van der Waals surface area contributed by atoms with Crippen molar-refractivity contribution in [2.45, 2.75) is 95.0 Å². The second-order valence-corrected chi connectivity index (χ2v) is 17.5. The number of ketones is 2. The van der Waals surface area contributed by atoms with Crippen LogP contribution in [0.15, 0.2) is 41.2 Å². The van der Waals surface area contributed by atoms with Crippen molar-refractivity contribution in [1.82, 2.24) is 14.9 Å². The van der Waals surface area contributed by atoms with Gasteiger partial charge in [-0.1, -0.05) is 32.0 Å². The smallest absolute Gasteiger partial charge is 0.355 e. The number of carbonyl (C=O) groups is 6. The van der Waals surface area contributed by atoms with Crippen molar-refractivity contribution in [3.63, 3.8) is 0 Å². The quantitative estimate of drug-likeness (QED) is 0.0856. The van der Waals surface area contributed by atoms with Gasteiger partial charge in [0.2, 0.25) is 11.5 Å². The molecule has 1 amide bonds. The van der Waals surface area contributed by atoms with Gasteiger partial charge in [-0.2, -0.15) is 23.5 Å². The van der Waals surface area contributed by atoms with Crippen LogP contribution in [-0.4, -0.2) is 91.8 Å². The van der Waals surface area contributed by atoms with Gasteiger partial charge in [0.1, 0.15) is 24.7 Å². The van der Waals surface area contributed by atoms with Gasteiger partial charge in [0.15, 0.2) is 0 Å². The number of carboxylic acid groups (broad SMARTS) is 1. The molecule has 1 aromatic carbocycles. The third kappa shape index (κ3) is 9.50. The summed E-state index contributed by atoms with van der Waals surface area (Å²) in [5.41, 5.74) is 1.01. The number of pyridine rings is 2. The minimum Gasteiger partial charge on any atom is -0.481 e. The Morgan fingerprint density at radius 2 is 1.72 bits per heavy atom. The highest BCUT2D eigenvalue weighted by Crippen LogP contribution is 2.43. The van der Waals surface area contributed by atoms with Crippen LogP contribution in [0.2, 0.25) is 0 Å². The molecule has 1 fully saturated rings. The highest BCUT2D eigenvalue weighted by Gasteiger charge is 2.50. The van der Waals surface area contributed by atoms with E-state index in [1.807, 2.05) is 37.3 Å². The van der Waals surface area contributed by atoms with Crippen molar-refractivity contribution in [1.29, 1.82) is 0 Å². The zero-order valence-corrected chi connectivity index (χ0v) is 34.5. The van der Waals surface area contributed by atoms with E-state index in [1.54, 1.807) is 29.3 Å². The van der Waals surface area contributed by atoms with Gasteiger partial charge < -0.3 is 29.2 Å². The van der Waals surface area contributed by atoms with E-state index in [1.165, 1.54) is 18.7 Å². The Hall–Kier alpha value is -4.54. The van der Waals surface area contributed by atoms with Gasteiger partial charge in [0.05, 0.1) is 48.1 Å². The van der Waals surface area contributed by atoms with E-state index in [4.69, 9.17) is 19.2 Å². The number of nitrogens with one attached hydrogen (secondary N) is 1. The van der Waals surface area contributed by atoms with Crippen molar-refractivity contribution in [3.05, 3.63) is 63.4 Å². The van der Waals surface area contributed by atoms with E-state index in [9.17, 15) is 38.7 Å². The lowest BCUT2D eigenvalue weighted by Gasteiger charge is -2.37. The van der Waals surface area contributed by atoms with Gasteiger partial charge in [-0.3, -0.25) is 28.8 Å². The van der Waals surface area contributed by atoms with Crippen molar-refractivity contribution >= 4 is 69.8 Å². The Bertz CT molecular complexity index is 2160. The molecule has 2 N–H and O–H groups in total. The fourth-order valence-corrected chi connectivity index (χ4v) is 10.8. The van der Waals surface area contributed by atoms with Crippen LogP contribution in [0.1, 0.15) is 82.4 Å². The molecule has 310 valence electrons. The van der Waals surface area contributed by atoms with Crippen LogP contribution in [0.4, 0.5) is 0 Å². The van der Waals surface area contributed by atoms with Crippen molar-refractivity contribution in [2.24, 2.45) is 11.8 Å². The lowest BCUT2D eigenvalue weighted by Crippen LogP contribution is -2.49. The molecular formula is C42H49N3O11S2. The fourth-order valence-electron chi connectivity index (χ4n) is 7.39. The monoisotopic (exact) mass is 835 g/mol. The SMILES string of the molecule is CCC(CSC1CCC1SCC(CC(=O)CCOCCC(C)=O)C(=O)O)C(=O)NCC(=O)O[C@]1(CC)C(=O)OCc2c1cc1n(c2=O)Cc2cc3ccccc3nc2-1. The second-order valence-electron chi connectivity index (χ2n) is 15.0. The van der Waals surface area contributed by atoms with E-state index in [0.717, 1.165) is 29.3 Å². The summed E-state index contributed by atoms with van der Waals surface area (Å²) in [6, 6.07) is 11.3. The molecule has 2 aliphatic heterocycles. The fraction of sp³-hybridized carbons (Fsp3) is 0.524. The van der Waals surface area contributed by atoms with Gasteiger partial charge in [0.25, 0.3) is 5.56 Å². The molecule has 16 heteroatoms. The number of para-hydroxylation sites is 1. The molecule has 58 heavy (non-hydrogen) atoms. The number of hydrogen-bond acceptors (Lipinski definition) is 13.